The molecule has 0 aromatic heterocycles. The molecule has 0 saturated carbocycles. The van der Waals surface area contributed by atoms with E-state index in [1.165, 1.54) is 0 Å². The van der Waals surface area contributed by atoms with Crippen molar-refractivity contribution >= 4 is 5.97 Å². The van der Waals surface area contributed by atoms with Gasteiger partial charge in [0.2, 0.25) is 0 Å². The van der Waals surface area contributed by atoms with E-state index in [4.69, 9.17) is 0 Å². The van der Waals surface area contributed by atoms with Crippen LogP contribution < -0.4 is 40.0 Å². The van der Waals surface area contributed by atoms with Gasteiger partial charge in [-0.05, 0) is 19.4 Å². The normalized spacial score (nSPS) is 25.1. The van der Waals surface area contributed by atoms with Crippen molar-refractivity contribution in [3.63, 3.8) is 0 Å². The third-order valence-corrected chi connectivity index (χ3v) is 1.34. The zero-order valence-electron chi connectivity index (χ0n) is 5.52. The smallest absolute Gasteiger partial charge is 0.548 e. The number of aliphatic carboxylic acids is 1. The molecule has 0 unspecified atom stereocenters. The summed E-state index contributed by atoms with van der Waals surface area (Å²) in [6, 6.07) is -0.380. The molecular formula is C5H8NNaO2. The predicted molar refractivity (Wildman–Crippen MR) is 26.0 cm³/mol. The number of carboxylic acid groups (broad SMARTS) is 1. The fraction of sp³-hybridized carbons (Fsp3) is 0.800. The minimum Gasteiger partial charge on any atom is -0.548 e. The fourth-order valence-electron chi connectivity index (χ4n) is 0.886. The Hall–Kier alpha value is 0.430. The number of carboxylic acids is 1. The summed E-state index contributed by atoms with van der Waals surface area (Å²) in [5, 5.41) is 12.8. The van der Waals surface area contributed by atoms with Crippen LogP contribution in [0.4, 0.5) is 0 Å². The molecule has 46 valence electrons. The second kappa shape index (κ2) is 4.28. The maximum absolute atomic E-state index is 10.0. The van der Waals surface area contributed by atoms with Crippen molar-refractivity contribution in [1.29, 1.82) is 0 Å². The van der Waals surface area contributed by atoms with Gasteiger partial charge in [0.25, 0.3) is 0 Å². The van der Waals surface area contributed by atoms with Gasteiger partial charge in [-0.25, -0.2) is 0 Å². The fourth-order valence-corrected chi connectivity index (χ4v) is 0.886. The summed E-state index contributed by atoms with van der Waals surface area (Å²) in [6.45, 7) is 0.818. The van der Waals surface area contributed by atoms with Crippen LogP contribution in [0.25, 0.3) is 0 Å². The molecule has 1 aliphatic heterocycles. The molecule has 0 amide bonds. The van der Waals surface area contributed by atoms with E-state index >= 15 is 0 Å². The Kier molecular flexibility index (Phi) is 4.48. The second-order valence-electron chi connectivity index (χ2n) is 1.97. The number of nitrogens with one attached hydrogen (secondary N) is 1. The Labute approximate surface area is 76.1 Å². The zero-order chi connectivity index (χ0) is 5.98. The molecule has 0 aliphatic carbocycles. The summed E-state index contributed by atoms with van der Waals surface area (Å²) in [4.78, 5) is 10.0. The van der Waals surface area contributed by atoms with Crippen LogP contribution in [0.1, 0.15) is 12.8 Å². The molecule has 1 heterocycles. The van der Waals surface area contributed by atoms with E-state index in [9.17, 15) is 9.90 Å². The minimum atomic E-state index is -0.970. The van der Waals surface area contributed by atoms with Gasteiger partial charge >= 0.3 is 29.6 Å². The van der Waals surface area contributed by atoms with Gasteiger partial charge in [0, 0.05) is 6.04 Å². The molecule has 3 nitrogen and oxygen atoms in total. The molecule has 1 aliphatic rings. The first-order valence-corrected chi connectivity index (χ1v) is 2.75. The van der Waals surface area contributed by atoms with Gasteiger partial charge < -0.3 is 15.2 Å². The van der Waals surface area contributed by atoms with Crippen LogP contribution in [0, 0.1) is 0 Å². The van der Waals surface area contributed by atoms with E-state index in [1.807, 2.05) is 0 Å². The molecule has 1 N–H and O–H groups in total. The Morgan fingerprint density at radius 3 is 2.56 bits per heavy atom. The Bertz CT molecular complexity index is 101. The Balaban J connectivity index is 0.000000640. The molecule has 0 aromatic rings. The van der Waals surface area contributed by atoms with Crippen molar-refractivity contribution < 1.29 is 39.5 Å². The van der Waals surface area contributed by atoms with Crippen LogP contribution in [0.5, 0.6) is 0 Å². The summed E-state index contributed by atoms with van der Waals surface area (Å²) < 4.78 is 0. The Morgan fingerprint density at radius 1 is 1.67 bits per heavy atom. The first-order valence-electron chi connectivity index (χ1n) is 2.75. The third-order valence-electron chi connectivity index (χ3n) is 1.34. The van der Waals surface area contributed by atoms with E-state index in [2.05, 4.69) is 5.32 Å². The largest absolute Gasteiger partial charge is 1.00 e. The van der Waals surface area contributed by atoms with Gasteiger partial charge in [-0.3, -0.25) is 0 Å². The summed E-state index contributed by atoms with van der Waals surface area (Å²) in [5.41, 5.74) is 0. The van der Waals surface area contributed by atoms with Crippen LogP contribution in [-0.2, 0) is 4.79 Å². The van der Waals surface area contributed by atoms with Gasteiger partial charge in [0.15, 0.2) is 0 Å². The first-order chi connectivity index (χ1) is 3.80. The van der Waals surface area contributed by atoms with E-state index < -0.39 is 5.97 Å². The summed E-state index contributed by atoms with van der Waals surface area (Å²) >= 11 is 0. The molecule has 9 heavy (non-hydrogen) atoms. The van der Waals surface area contributed by atoms with Gasteiger partial charge in [-0.2, -0.15) is 0 Å². The molecule has 1 atom stereocenters. The van der Waals surface area contributed by atoms with Crippen molar-refractivity contribution in [3.8, 4) is 0 Å². The molecule has 0 spiro atoms. The van der Waals surface area contributed by atoms with Crippen molar-refractivity contribution in [1.82, 2.24) is 5.32 Å². The molecular weight excluding hydrogens is 129 g/mol. The molecule has 1 fully saturated rings. The van der Waals surface area contributed by atoms with Crippen molar-refractivity contribution in [2.24, 2.45) is 0 Å². The van der Waals surface area contributed by atoms with Gasteiger partial charge in [0.05, 0.1) is 5.97 Å². The van der Waals surface area contributed by atoms with Crippen LogP contribution in [-0.4, -0.2) is 18.6 Å². The quantitative estimate of drug-likeness (QED) is 0.370. The predicted octanol–water partition coefficient (Wildman–Crippen LogP) is -4.51. The molecule has 0 aromatic carbocycles. The molecule has 0 radical (unpaired) electrons. The van der Waals surface area contributed by atoms with Gasteiger partial charge in [0.1, 0.15) is 0 Å². The SMILES string of the molecule is O=C([O-])[C@@H]1CCCN1.[Na+]. The van der Waals surface area contributed by atoms with E-state index in [0.717, 1.165) is 19.4 Å². The van der Waals surface area contributed by atoms with Gasteiger partial charge in [-0.15, -0.1) is 0 Å². The van der Waals surface area contributed by atoms with Crippen LogP contribution in [0.2, 0.25) is 0 Å². The van der Waals surface area contributed by atoms with Crippen molar-refractivity contribution in [3.05, 3.63) is 0 Å². The third kappa shape index (κ3) is 2.67. The van der Waals surface area contributed by atoms with Crippen LogP contribution >= 0.6 is 0 Å². The topological polar surface area (TPSA) is 52.2 Å². The maximum atomic E-state index is 10.0. The standard InChI is InChI=1S/C5H9NO2.Na/c7-5(8)4-2-1-3-6-4;/h4,6H,1-3H2,(H,7,8);/q;+1/p-1/t4-;/m0./s1. The molecule has 4 heteroatoms. The van der Waals surface area contributed by atoms with E-state index in [1.54, 1.807) is 0 Å². The van der Waals surface area contributed by atoms with Crippen molar-refractivity contribution in [2.75, 3.05) is 6.54 Å². The minimum absolute atomic E-state index is 0. The number of carbonyl (C=O) groups excluding carboxylic acids is 1. The van der Waals surface area contributed by atoms with Crippen LogP contribution in [0.15, 0.2) is 0 Å². The number of carbonyl (C=O) groups is 1. The molecule has 1 saturated heterocycles. The summed E-state index contributed by atoms with van der Waals surface area (Å²) in [6.07, 6.45) is 1.68. The monoisotopic (exact) mass is 137 g/mol. The first kappa shape index (κ1) is 9.43. The van der Waals surface area contributed by atoms with E-state index in [0.29, 0.717) is 0 Å². The molecule has 0 bridgehead atoms. The van der Waals surface area contributed by atoms with Gasteiger partial charge in [-0.1, -0.05) is 0 Å². The number of hydrogen-bond acceptors (Lipinski definition) is 3. The average Bonchev–Trinajstić information content (AvgIpc) is 2.12. The zero-order valence-corrected chi connectivity index (χ0v) is 7.52. The Morgan fingerprint density at radius 2 is 2.33 bits per heavy atom. The molecule has 1 rings (SSSR count). The van der Waals surface area contributed by atoms with E-state index in [-0.39, 0.29) is 35.6 Å². The summed E-state index contributed by atoms with van der Waals surface area (Å²) in [5.74, 6) is -0.970. The number of rotatable bonds is 1. The summed E-state index contributed by atoms with van der Waals surface area (Å²) in [7, 11) is 0. The van der Waals surface area contributed by atoms with Crippen LogP contribution in [0.3, 0.4) is 0 Å². The average molecular weight is 137 g/mol. The number of hydrogen-bond donors (Lipinski definition) is 1. The second-order valence-corrected chi connectivity index (χ2v) is 1.97. The maximum Gasteiger partial charge on any atom is 1.00 e. The van der Waals surface area contributed by atoms with Crippen molar-refractivity contribution in [2.45, 2.75) is 18.9 Å².